The molecule has 2 atom stereocenters. The number of nitrogens with one attached hydrogen (secondary N) is 1. The summed E-state index contributed by atoms with van der Waals surface area (Å²) in [5.41, 5.74) is -0.650. The predicted octanol–water partition coefficient (Wildman–Crippen LogP) is 3.89. The number of anilines is 2. The van der Waals surface area contributed by atoms with Crippen LogP contribution in [0.4, 0.5) is 24.3 Å². The van der Waals surface area contributed by atoms with Crippen LogP contribution in [0.15, 0.2) is 12.3 Å². The van der Waals surface area contributed by atoms with Gasteiger partial charge in [-0.3, -0.25) is 0 Å². The fraction of sp³-hybridized carbons (Fsp3) is 0.529. The molecule has 0 aromatic carbocycles. The highest BCUT2D eigenvalue weighted by molar-refractivity contribution is 7.09. The molecule has 0 amide bonds. The van der Waals surface area contributed by atoms with Gasteiger partial charge in [-0.2, -0.15) is 22.5 Å². The van der Waals surface area contributed by atoms with E-state index in [1.807, 2.05) is 6.92 Å². The Balaban J connectivity index is 1.37. The summed E-state index contributed by atoms with van der Waals surface area (Å²) in [7, 11) is 0. The highest BCUT2D eigenvalue weighted by Crippen LogP contribution is 2.40. The fourth-order valence-corrected chi connectivity index (χ4v) is 5.28. The highest BCUT2D eigenvalue weighted by atomic mass is 35.5. The van der Waals surface area contributed by atoms with Crippen LogP contribution in [0.25, 0.3) is 5.65 Å². The van der Waals surface area contributed by atoms with Crippen molar-refractivity contribution in [1.82, 2.24) is 24.0 Å². The van der Waals surface area contributed by atoms with E-state index in [4.69, 9.17) is 11.6 Å². The first-order chi connectivity index (χ1) is 13.8. The van der Waals surface area contributed by atoms with E-state index in [2.05, 4.69) is 29.7 Å². The topological polar surface area (TPSA) is 71.2 Å². The molecular formula is C17H17ClF3N7S. The summed E-state index contributed by atoms with van der Waals surface area (Å²) in [6.07, 6.45) is -1.44. The molecule has 3 aromatic heterocycles. The van der Waals surface area contributed by atoms with E-state index in [1.165, 1.54) is 11.5 Å². The van der Waals surface area contributed by atoms with Crippen molar-refractivity contribution in [1.29, 1.82) is 0 Å². The summed E-state index contributed by atoms with van der Waals surface area (Å²) in [5, 5.41) is 8.41. The number of aryl methyl sites for hydroxylation is 1. The average molecular weight is 444 g/mol. The summed E-state index contributed by atoms with van der Waals surface area (Å²) in [6.45, 7) is 3.59. The predicted molar refractivity (Wildman–Crippen MR) is 103 cm³/mol. The first-order valence-electron chi connectivity index (χ1n) is 9.23. The number of aromatic nitrogens is 5. The zero-order chi connectivity index (χ0) is 20.3. The number of halogens is 4. The van der Waals surface area contributed by atoms with E-state index in [0.29, 0.717) is 17.8 Å². The molecule has 3 aromatic rings. The molecule has 1 saturated carbocycles. The third kappa shape index (κ3) is 3.39. The van der Waals surface area contributed by atoms with Crippen molar-refractivity contribution < 1.29 is 13.2 Å². The van der Waals surface area contributed by atoms with Crippen molar-refractivity contribution in [3.05, 3.63) is 28.7 Å². The summed E-state index contributed by atoms with van der Waals surface area (Å²) < 4.78 is 44.4. The van der Waals surface area contributed by atoms with Crippen LogP contribution in [0.2, 0.25) is 5.02 Å². The number of rotatable bonds is 3. The van der Waals surface area contributed by atoms with Crippen molar-refractivity contribution in [2.24, 2.45) is 11.8 Å². The van der Waals surface area contributed by atoms with Crippen LogP contribution in [0.3, 0.4) is 0 Å². The van der Waals surface area contributed by atoms with E-state index in [9.17, 15) is 13.2 Å². The average Bonchev–Trinajstić information content (AvgIpc) is 3.31. The van der Waals surface area contributed by atoms with Gasteiger partial charge in [0.25, 0.3) is 0 Å². The van der Waals surface area contributed by atoms with Gasteiger partial charge in [-0.15, -0.1) is 5.10 Å². The Kier molecular flexibility index (Phi) is 4.35. The second kappa shape index (κ2) is 6.69. The van der Waals surface area contributed by atoms with Gasteiger partial charge in [0.05, 0.1) is 10.6 Å². The number of pyridine rings is 1. The number of nitrogens with zero attached hydrogens (tertiary/aromatic N) is 6. The van der Waals surface area contributed by atoms with Crippen molar-refractivity contribution >= 4 is 39.9 Å². The van der Waals surface area contributed by atoms with Gasteiger partial charge >= 0.3 is 6.18 Å². The third-order valence-electron chi connectivity index (χ3n) is 5.63. The molecule has 2 unspecified atom stereocenters. The van der Waals surface area contributed by atoms with Crippen LogP contribution in [0.1, 0.15) is 24.2 Å². The van der Waals surface area contributed by atoms with Gasteiger partial charge < -0.3 is 10.2 Å². The summed E-state index contributed by atoms with van der Waals surface area (Å²) in [5.74, 6) is 1.84. The van der Waals surface area contributed by atoms with Gasteiger partial charge in [0.15, 0.2) is 5.65 Å². The smallest absolute Gasteiger partial charge is 0.349 e. The van der Waals surface area contributed by atoms with Crippen LogP contribution in [-0.4, -0.2) is 43.1 Å². The molecular weight excluding hydrogens is 427 g/mol. The maximum atomic E-state index is 13.0. The lowest BCUT2D eigenvalue weighted by Crippen LogP contribution is -2.48. The lowest BCUT2D eigenvalue weighted by Gasteiger charge is -2.37. The minimum Gasteiger partial charge on any atom is -0.349 e. The van der Waals surface area contributed by atoms with E-state index >= 15 is 0 Å². The van der Waals surface area contributed by atoms with E-state index in [0.717, 1.165) is 53.7 Å². The van der Waals surface area contributed by atoms with Crippen LogP contribution in [0.5, 0.6) is 0 Å². The summed E-state index contributed by atoms with van der Waals surface area (Å²) in [6, 6.07) is 1.04. The van der Waals surface area contributed by atoms with Crippen LogP contribution in [0, 0.1) is 18.8 Å². The zero-order valence-corrected chi connectivity index (χ0v) is 16.9. The maximum Gasteiger partial charge on any atom is 0.417 e. The molecule has 5 rings (SSSR count). The zero-order valence-electron chi connectivity index (χ0n) is 15.3. The molecule has 1 aliphatic heterocycles. The quantitative estimate of drug-likeness (QED) is 0.662. The molecule has 0 spiro atoms. The number of piperidine rings is 1. The van der Waals surface area contributed by atoms with Crippen molar-refractivity contribution in [3.8, 4) is 0 Å². The Morgan fingerprint density at radius 1 is 1.21 bits per heavy atom. The van der Waals surface area contributed by atoms with Gasteiger partial charge in [0.2, 0.25) is 11.1 Å². The fourth-order valence-electron chi connectivity index (χ4n) is 4.34. The largest absolute Gasteiger partial charge is 0.417 e. The Bertz CT molecular complexity index is 1050. The molecule has 1 N–H and O–H groups in total. The molecule has 2 bridgehead atoms. The minimum atomic E-state index is -4.49. The Morgan fingerprint density at radius 2 is 1.93 bits per heavy atom. The Morgan fingerprint density at radius 3 is 2.55 bits per heavy atom. The van der Waals surface area contributed by atoms with Crippen molar-refractivity contribution in [2.45, 2.75) is 32.0 Å². The normalized spacial score (nSPS) is 24.4. The summed E-state index contributed by atoms with van der Waals surface area (Å²) in [4.78, 5) is 11.1. The number of hydrogen-bond acceptors (Lipinski definition) is 7. The second-order valence-electron chi connectivity index (χ2n) is 7.57. The second-order valence-corrected chi connectivity index (χ2v) is 8.71. The van der Waals surface area contributed by atoms with Crippen LogP contribution >= 0.6 is 23.1 Å². The number of fused-ring (bicyclic) bond motifs is 3. The molecule has 29 heavy (non-hydrogen) atoms. The molecule has 7 nitrogen and oxygen atoms in total. The lowest BCUT2D eigenvalue weighted by molar-refractivity contribution is -0.137. The Labute approximate surface area is 173 Å². The molecule has 1 aliphatic carbocycles. The maximum absolute atomic E-state index is 13.0. The van der Waals surface area contributed by atoms with Crippen LogP contribution < -0.4 is 10.2 Å². The van der Waals surface area contributed by atoms with Gasteiger partial charge in [-0.05, 0) is 37.7 Å². The van der Waals surface area contributed by atoms with E-state index in [1.54, 1.807) is 0 Å². The van der Waals surface area contributed by atoms with Gasteiger partial charge in [-0.25, -0.2) is 9.50 Å². The monoisotopic (exact) mass is 443 g/mol. The molecule has 2 fully saturated rings. The van der Waals surface area contributed by atoms with E-state index < -0.39 is 11.7 Å². The SMILES string of the molecule is Cc1nsc(N2CC3CCC(C2)C3Nc2nc3c(Cl)cc(C(F)(F)F)cn3n2)n1. The molecule has 0 radical (unpaired) electrons. The van der Waals surface area contributed by atoms with Crippen molar-refractivity contribution in [3.63, 3.8) is 0 Å². The van der Waals surface area contributed by atoms with Crippen molar-refractivity contribution in [2.75, 3.05) is 23.3 Å². The standard InChI is InChI=1S/C17H17ClF3N7S/c1-8-22-16(29-26-8)27-5-9-2-3-10(6-27)13(9)23-15-24-14-12(18)4-11(17(19,20)21)7-28(14)25-15/h4,7,9-10,13H,2-3,5-6H2,1H3,(H,23,25). The van der Waals surface area contributed by atoms with Gasteiger partial charge in [-0.1, -0.05) is 11.6 Å². The Hall–Kier alpha value is -2.14. The summed E-state index contributed by atoms with van der Waals surface area (Å²) >= 11 is 7.42. The highest BCUT2D eigenvalue weighted by Gasteiger charge is 2.43. The first-order valence-corrected chi connectivity index (χ1v) is 10.4. The van der Waals surface area contributed by atoms with E-state index in [-0.39, 0.29) is 16.7 Å². The number of hydrogen-bond donors (Lipinski definition) is 1. The van der Waals surface area contributed by atoms with Crippen LogP contribution in [-0.2, 0) is 6.18 Å². The lowest BCUT2D eigenvalue weighted by atomic mass is 9.92. The van der Waals surface area contributed by atoms with Gasteiger partial charge in [0.1, 0.15) is 5.82 Å². The third-order valence-corrected chi connectivity index (χ3v) is 6.78. The molecule has 4 heterocycles. The minimum absolute atomic E-state index is 0.0789. The first kappa shape index (κ1) is 18.9. The molecule has 154 valence electrons. The molecule has 12 heteroatoms. The van der Waals surface area contributed by atoms with Gasteiger partial charge in [0, 0.05) is 36.9 Å². The number of alkyl halides is 3. The molecule has 2 aliphatic rings. The molecule has 1 saturated heterocycles.